The van der Waals surface area contributed by atoms with Gasteiger partial charge in [0.2, 0.25) is 29.4 Å². The molecule has 2 aromatic rings. The third-order valence-electron chi connectivity index (χ3n) is 6.35. The predicted octanol–water partition coefficient (Wildman–Crippen LogP) is 0.0316. The molecule has 214 valence electrons. The summed E-state index contributed by atoms with van der Waals surface area (Å²) in [5.74, 6) is -2.79. The van der Waals surface area contributed by atoms with E-state index < -0.39 is 52.7 Å². The van der Waals surface area contributed by atoms with Gasteiger partial charge in [-0.2, -0.15) is 0 Å². The van der Waals surface area contributed by atoms with E-state index in [4.69, 9.17) is 21.9 Å². The molecule has 2 aromatic carbocycles. The van der Waals surface area contributed by atoms with Gasteiger partial charge in [0.05, 0.1) is 11.0 Å². The van der Waals surface area contributed by atoms with Crippen molar-refractivity contribution in [3.8, 4) is 11.5 Å². The topological polar surface area (TPSA) is 235 Å². The highest BCUT2D eigenvalue weighted by molar-refractivity contribution is 5.95. The van der Waals surface area contributed by atoms with Crippen molar-refractivity contribution in [2.75, 3.05) is 6.54 Å². The second-order valence-corrected chi connectivity index (χ2v) is 9.46. The number of hydrogen-bond donors (Lipinski definition) is 6. The standard InChI is InChI=1S/C26H33N7O7/c1-14(23(29)34)30-26(37)22-16-5-4-6-17(13-16)40-21-9-8-15(12-20(21)33(38)39)11-18(28)24(35)31-19(25(36)32-22)7-2-3-10-27/h4-6,8-9,12-14,18-19,22H,2-3,7,10-11,27-28H2,1H3,(H2,29,34)(H,30,37)(H,31,35)(H,32,36)/t14-,18-,19+,22+/m0/s1. The summed E-state index contributed by atoms with van der Waals surface area (Å²) in [6, 6.07) is 5.65. The van der Waals surface area contributed by atoms with Gasteiger partial charge in [0.25, 0.3) is 0 Å². The summed E-state index contributed by atoms with van der Waals surface area (Å²) in [6.07, 6.45) is 1.24. The maximum absolute atomic E-state index is 13.4. The van der Waals surface area contributed by atoms with E-state index in [1.165, 1.54) is 43.3 Å². The number of fused-ring (bicyclic) bond motifs is 9. The Morgan fingerprint density at radius 1 is 1.15 bits per heavy atom. The van der Waals surface area contributed by atoms with Gasteiger partial charge in [0.15, 0.2) is 0 Å². The van der Waals surface area contributed by atoms with Crippen molar-refractivity contribution in [1.29, 1.82) is 0 Å². The number of nitro groups is 1. The van der Waals surface area contributed by atoms with Crippen molar-refractivity contribution in [3.05, 3.63) is 63.7 Å². The van der Waals surface area contributed by atoms with Crippen LogP contribution >= 0.6 is 0 Å². The molecule has 0 saturated carbocycles. The lowest BCUT2D eigenvalue weighted by molar-refractivity contribution is -0.385. The second-order valence-electron chi connectivity index (χ2n) is 9.46. The van der Waals surface area contributed by atoms with Crippen LogP contribution in [0.3, 0.4) is 0 Å². The highest BCUT2D eigenvalue weighted by atomic mass is 16.6. The van der Waals surface area contributed by atoms with Crippen LogP contribution in [0.4, 0.5) is 5.69 Å². The van der Waals surface area contributed by atoms with E-state index in [1.54, 1.807) is 6.07 Å². The van der Waals surface area contributed by atoms with Crippen LogP contribution in [0.15, 0.2) is 42.5 Å². The monoisotopic (exact) mass is 555 g/mol. The minimum atomic E-state index is -1.34. The van der Waals surface area contributed by atoms with E-state index in [0.29, 0.717) is 24.9 Å². The van der Waals surface area contributed by atoms with Crippen LogP contribution in [0.5, 0.6) is 11.5 Å². The van der Waals surface area contributed by atoms with Crippen molar-refractivity contribution in [2.45, 2.75) is 56.8 Å². The van der Waals surface area contributed by atoms with Gasteiger partial charge in [0, 0.05) is 6.07 Å². The van der Waals surface area contributed by atoms with Gasteiger partial charge in [-0.1, -0.05) is 18.2 Å². The summed E-state index contributed by atoms with van der Waals surface area (Å²) in [4.78, 5) is 62.4. The number of amides is 4. The molecule has 4 atom stereocenters. The fourth-order valence-electron chi connectivity index (χ4n) is 4.10. The van der Waals surface area contributed by atoms with Gasteiger partial charge < -0.3 is 37.9 Å². The Morgan fingerprint density at radius 2 is 1.90 bits per heavy atom. The zero-order valence-electron chi connectivity index (χ0n) is 21.9. The molecule has 9 N–H and O–H groups in total. The molecule has 4 bridgehead atoms. The minimum Gasteiger partial charge on any atom is -0.450 e. The van der Waals surface area contributed by atoms with Crippen LogP contribution in [-0.4, -0.2) is 53.2 Å². The third-order valence-corrected chi connectivity index (χ3v) is 6.35. The molecule has 4 amide bonds. The molecule has 4 rings (SSSR count). The van der Waals surface area contributed by atoms with Gasteiger partial charge >= 0.3 is 5.69 Å². The van der Waals surface area contributed by atoms with Crippen molar-refractivity contribution < 1.29 is 28.8 Å². The normalized spacial score (nSPS) is 20.0. The summed E-state index contributed by atoms with van der Waals surface area (Å²) >= 11 is 0. The smallest absolute Gasteiger partial charge is 0.311 e. The Hall–Kier alpha value is -4.56. The lowest BCUT2D eigenvalue weighted by atomic mass is 10.0. The Morgan fingerprint density at radius 3 is 2.58 bits per heavy atom. The maximum atomic E-state index is 13.4. The maximum Gasteiger partial charge on any atom is 0.311 e. The summed E-state index contributed by atoms with van der Waals surface area (Å²) in [5.41, 5.74) is 17.3. The number of ether oxygens (including phenoxy) is 1. The quantitative estimate of drug-likeness (QED) is 0.146. The van der Waals surface area contributed by atoms with Crippen LogP contribution < -0.4 is 37.9 Å². The first kappa shape index (κ1) is 30.0. The fourth-order valence-corrected chi connectivity index (χ4v) is 4.10. The number of nitrogens with one attached hydrogen (secondary N) is 3. The molecular weight excluding hydrogens is 522 g/mol. The predicted molar refractivity (Wildman–Crippen MR) is 144 cm³/mol. The Kier molecular flexibility index (Phi) is 10.1. The average molecular weight is 556 g/mol. The number of carbonyl (C=O) groups excluding carboxylic acids is 4. The van der Waals surface area contributed by atoms with Crippen LogP contribution in [0.2, 0.25) is 0 Å². The number of rotatable bonds is 8. The van der Waals surface area contributed by atoms with E-state index in [1.807, 2.05) is 0 Å². The Bertz CT molecular complexity index is 1290. The molecule has 0 aliphatic carbocycles. The summed E-state index contributed by atoms with van der Waals surface area (Å²) < 4.78 is 5.79. The van der Waals surface area contributed by atoms with Gasteiger partial charge in [-0.15, -0.1) is 0 Å². The number of hydrogen-bond acceptors (Lipinski definition) is 9. The fraction of sp³-hybridized carbons (Fsp3) is 0.385. The van der Waals surface area contributed by atoms with E-state index in [0.717, 1.165) is 0 Å². The number of benzene rings is 2. The van der Waals surface area contributed by atoms with Crippen LogP contribution in [-0.2, 0) is 25.6 Å². The zero-order chi connectivity index (χ0) is 29.4. The molecule has 0 spiro atoms. The zero-order valence-corrected chi connectivity index (χ0v) is 21.9. The Balaban J connectivity index is 2.10. The first-order valence-corrected chi connectivity index (χ1v) is 12.7. The molecule has 0 radical (unpaired) electrons. The van der Waals surface area contributed by atoms with E-state index in [2.05, 4.69) is 16.0 Å². The van der Waals surface area contributed by atoms with Crippen molar-refractivity contribution in [2.24, 2.45) is 17.2 Å². The van der Waals surface area contributed by atoms with Crippen LogP contribution in [0.1, 0.15) is 43.4 Å². The number of carbonyl (C=O) groups is 4. The molecule has 14 heteroatoms. The summed E-state index contributed by atoms with van der Waals surface area (Å²) in [6.45, 7) is 1.76. The van der Waals surface area contributed by atoms with E-state index >= 15 is 0 Å². The molecule has 2 aliphatic rings. The van der Waals surface area contributed by atoms with Crippen molar-refractivity contribution in [1.82, 2.24) is 16.0 Å². The number of primary amides is 1. The number of nitrogens with zero attached hydrogens (tertiary/aromatic N) is 1. The molecule has 40 heavy (non-hydrogen) atoms. The van der Waals surface area contributed by atoms with Crippen molar-refractivity contribution >= 4 is 29.3 Å². The summed E-state index contributed by atoms with van der Waals surface area (Å²) in [7, 11) is 0. The van der Waals surface area contributed by atoms with Gasteiger partial charge in [-0.05, 0) is 68.5 Å². The SMILES string of the molecule is C[C@H](NC(=O)[C@@H]1NC(=O)[C@@H](CCCCN)NC(=O)[C@@H](N)Cc2ccc(c([N+](=O)[O-])c2)Oc2cccc1c2)C(N)=O. The molecule has 0 unspecified atom stereocenters. The molecule has 2 aliphatic heterocycles. The molecular formula is C26H33N7O7. The number of unbranched alkanes of at least 4 members (excludes halogenated alkanes) is 1. The minimum absolute atomic E-state index is 0.0460. The molecule has 0 fully saturated rings. The molecule has 2 heterocycles. The number of nitrogens with two attached hydrogens (primary N) is 3. The molecule has 0 aromatic heterocycles. The lowest BCUT2D eigenvalue weighted by Gasteiger charge is -2.25. The molecule has 14 nitrogen and oxygen atoms in total. The third kappa shape index (κ3) is 7.74. The van der Waals surface area contributed by atoms with E-state index in [9.17, 15) is 29.3 Å². The highest BCUT2D eigenvalue weighted by Crippen LogP contribution is 2.33. The second kappa shape index (κ2) is 13.5. The van der Waals surface area contributed by atoms with Gasteiger partial charge in [-0.25, -0.2) is 0 Å². The first-order valence-electron chi connectivity index (χ1n) is 12.7. The molecule has 0 saturated heterocycles. The highest BCUT2D eigenvalue weighted by Gasteiger charge is 2.31. The number of nitro benzene ring substituents is 1. The van der Waals surface area contributed by atoms with Crippen LogP contribution in [0, 0.1) is 10.1 Å². The summed E-state index contributed by atoms with van der Waals surface area (Å²) in [5, 5.41) is 19.5. The largest absolute Gasteiger partial charge is 0.450 e. The van der Waals surface area contributed by atoms with Crippen molar-refractivity contribution in [3.63, 3.8) is 0 Å². The lowest BCUT2D eigenvalue weighted by Crippen LogP contribution is -2.54. The Labute approximate surface area is 230 Å². The van der Waals surface area contributed by atoms with Gasteiger partial charge in [0.1, 0.15) is 23.9 Å². The van der Waals surface area contributed by atoms with E-state index in [-0.39, 0.29) is 35.6 Å². The van der Waals surface area contributed by atoms with Gasteiger partial charge in [-0.3, -0.25) is 29.3 Å². The first-order chi connectivity index (χ1) is 19.0. The van der Waals surface area contributed by atoms with Crippen LogP contribution in [0.25, 0.3) is 0 Å². The average Bonchev–Trinajstić information content (AvgIpc) is 2.91.